The fourth-order valence-electron chi connectivity index (χ4n) is 4.98. The summed E-state index contributed by atoms with van der Waals surface area (Å²) in [6.45, 7) is 1.72. The quantitative estimate of drug-likeness (QED) is 0.0784. The fraction of sp³-hybridized carbons (Fsp3) is 0.167. The van der Waals surface area contributed by atoms with Crippen molar-refractivity contribution in [1.29, 1.82) is 0 Å². The van der Waals surface area contributed by atoms with Crippen molar-refractivity contribution in [3.8, 4) is 11.5 Å². The van der Waals surface area contributed by atoms with E-state index in [-0.39, 0.29) is 22.3 Å². The first-order valence-corrected chi connectivity index (χ1v) is 14.8. The van der Waals surface area contributed by atoms with E-state index in [0.29, 0.717) is 44.2 Å². The van der Waals surface area contributed by atoms with Gasteiger partial charge >= 0.3 is 5.91 Å². The van der Waals surface area contributed by atoms with Crippen molar-refractivity contribution in [1.82, 2.24) is 19.6 Å². The fourth-order valence-corrected chi connectivity index (χ4v) is 6.80. The molecule has 1 aliphatic rings. The average Bonchev–Trinajstić information content (AvgIpc) is 3.69. The maximum Gasteiger partial charge on any atom is 0.301 e. The number of pyridine rings is 1. The summed E-state index contributed by atoms with van der Waals surface area (Å²) in [7, 11) is 2.99. The highest BCUT2D eigenvalue weighted by molar-refractivity contribution is 8.00. The highest BCUT2D eigenvalue weighted by atomic mass is 32.2. The van der Waals surface area contributed by atoms with Crippen LogP contribution in [0.15, 0.2) is 76.8 Å². The number of nitrogens with zero attached hydrogens (tertiary/aromatic N) is 5. The van der Waals surface area contributed by atoms with Gasteiger partial charge in [-0.3, -0.25) is 18.9 Å². The number of amides is 1. The number of halogens is 1. The van der Waals surface area contributed by atoms with Gasteiger partial charge in [0.2, 0.25) is 5.13 Å². The van der Waals surface area contributed by atoms with Crippen LogP contribution in [0.4, 0.5) is 9.52 Å². The summed E-state index contributed by atoms with van der Waals surface area (Å²) in [6.07, 6.45) is 1.72. The molecule has 5 aromatic rings. The lowest BCUT2D eigenvalue weighted by molar-refractivity contribution is -0.132. The molecule has 1 saturated heterocycles. The van der Waals surface area contributed by atoms with Crippen LogP contribution in [0.1, 0.15) is 28.6 Å². The van der Waals surface area contributed by atoms with Gasteiger partial charge in [0.1, 0.15) is 17.2 Å². The van der Waals surface area contributed by atoms with E-state index in [0.717, 1.165) is 16.9 Å². The second-order valence-electron chi connectivity index (χ2n) is 9.52. The largest absolute Gasteiger partial charge is 0.505 e. The second kappa shape index (κ2) is 11.5. The van der Waals surface area contributed by atoms with E-state index in [4.69, 9.17) is 9.47 Å². The number of carbonyl (C=O) groups is 2. The third-order valence-electron chi connectivity index (χ3n) is 6.97. The molecule has 1 N–H and O–H groups in total. The van der Waals surface area contributed by atoms with Crippen LogP contribution in [0.2, 0.25) is 0 Å². The molecule has 1 amide bonds. The predicted octanol–water partition coefficient (Wildman–Crippen LogP) is 5.57. The Labute approximate surface area is 253 Å². The topological polar surface area (TPSA) is 119 Å². The number of ketones is 1. The number of aromatic nitrogens is 4. The highest BCUT2D eigenvalue weighted by Gasteiger charge is 2.49. The Morgan fingerprint density at radius 3 is 2.56 bits per heavy atom. The molecular formula is C30H24FN5O5S2. The number of aryl methyl sites for hydroxylation is 1. The Kier molecular flexibility index (Phi) is 7.59. The van der Waals surface area contributed by atoms with Crippen molar-refractivity contribution in [2.24, 2.45) is 0 Å². The number of ether oxygens (including phenoxy) is 2. The van der Waals surface area contributed by atoms with Crippen LogP contribution in [0.3, 0.4) is 0 Å². The van der Waals surface area contributed by atoms with Gasteiger partial charge in [-0.25, -0.2) is 9.37 Å². The third kappa shape index (κ3) is 5.10. The monoisotopic (exact) mass is 617 g/mol. The number of rotatable bonds is 8. The molecule has 218 valence electrons. The summed E-state index contributed by atoms with van der Waals surface area (Å²) in [4.78, 5) is 33.1. The average molecular weight is 618 g/mol. The van der Waals surface area contributed by atoms with E-state index in [9.17, 15) is 19.1 Å². The first-order valence-electron chi connectivity index (χ1n) is 13.0. The van der Waals surface area contributed by atoms with Crippen LogP contribution in [0.25, 0.3) is 11.4 Å². The molecule has 0 bridgehead atoms. The molecule has 0 radical (unpaired) electrons. The van der Waals surface area contributed by atoms with Crippen LogP contribution in [-0.2, 0) is 15.3 Å². The number of imidazole rings is 1. The molecule has 0 aliphatic carbocycles. The van der Waals surface area contributed by atoms with Crippen LogP contribution in [0, 0.1) is 12.7 Å². The number of aliphatic hydroxyl groups excluding tert-OH is 1. The summed E-state index contributed by atoms with van der Waals surface area (Å²) < 4.78 is 26.4. The van der Waals surface area contributed by atoms with Crippen LogP contribution < -0.4 is 14.4 Å². The van der Waals surface area contributed by atoms with Gasteiger partial charge in [-0.15, -0.1) is 10.2 Å². The number of methoxy groups -OCH3 is 2. The number of anilines is 1. The molecular weight excluding hydrogens is 593 g/mol. The van der Waals surface area contributed by atoms with Crippen molar-refractivity contribution >= 4 is 51.3 Å². The van der Waals surface area contributed by atoms with Gasteiger partial charge in [-0.2, -0.15) is 0 Å². The minimum Gasteiger partial charge on any atom is -0.505 e. The Morgan fingerprint density at radius 2 is 1.81 bits per heavy atom. The first-order chi connectivity index (χ1) is 20.8. The molecule has 6 rings (SSSR count). The third-order valence-corrected chi connectivity index (χ3v) is 9.10. The maximum absolute atomic E-state index is 13.7. The SMILES string of the molecule is COc1ccc(C2C(=C(O)c3c(C)nc4ccccn34)C(=O)C(=O)N2c2nnc(SCc3ccc(F)cc3)s2)cc1OC. The summed E-state index contributed by atoms with van der Waals surface area (Å²) in [5, 5.41) is 20.4. The molecule has 1 aliphatic heterocycles. The number of carbonyl (C=O) groups excluding carboxylic acids is 2. The van der Waals surface area contributed by atoms with Gasteiger partial charge in [0, 0.05) is 11.9 Å². The minimum atomic E-state index is -1.06. The lowest BCUT2D eigenvalue weighted by Gasteiger charge is -2.23. The molecule has 3 aromatic heterocycles. The summed E-state index contributed by atoms with van der Waals surface area (Å²) in [5.74, 6) is -1.10. The highest BCUT2D eigenvalue weighted by Crippen LogP contribution is 2.46. The van der Waals surface area contributed by atoms with E-state index < -0.39 is 17.7 Å². The molecule has 13 heteroatoms. The van der Waals surface area contributed by atoms with E-state index >= 15 is 0 Å². The van der Waals surface area contributed by atoms with Gasteiger partial charge in [-0.1, -0.05) is 47.4 Å². The van der Waals surface area contributed by atoms with Gasteiger partial charge in [0.15, 0.2) is 21.6 Å². The zero-order chi connectivity index (χ0) is 30.2. The van der Waals surface area contributed by atoms with Gasteiger partial charge in [0.25, 0.3) is 5.78 Å². The van der Waals surface area contributed by atoms with Crippen LogP contribution in [0.5, 0.6) is 11.5 Å². The van der Waals surface area contributed by atoms with E-state index in [2.05, 4.69) is 15.2 Å². The Balaban J connectivity index is 1.46. The van der Waals surface area contributed by atoms with Crippen molar-refractivity contribution in [2.75, 3.05) is 19.1 Å². The number of aliphatic hydroxyl groups is 1. The van der Waals surface area contributed by atoms with Crippen LogP contribution >= 0.6 is 23.1 Å². The molecule has 1 unspecified atom stereocenters. The zero-order valence-corrected chi connectivity index (χ0v) is 24.8. The zero-order valence-electron chi connectivity index (χ0n) is 23.1. The molecule has 1 fully saturated rings. The molecule has 43 heavy (non-hydrogen) atoms. The maximum atomic E-state index is 13.7. The van der Waals surface area contributed by atoms with Crippen molar-refractivity contribution in [3.63, 3.8) is 0 Å². The second-order valence-corrected chi connectivity index (χ2v) is 11.7. The smallest absolute Gasteiger partial charge is 0.301 e. The minimum absolute atomic E-state index is 0.123. The van der Waals surface area contributed by atoms with Gasteiger partial charge in [0.05, 0.1) is 31.5 Å². The number of hydrogen-bond donors (Lipinski definition) is 1. The predicted molar refractivity (Wildman–Crippen MR) is 160 cm³/mol. The Hall–Kier alpha value is -4.75. The lowest BCUT2D eigenvalue weighted by Crippen LogP contribution is -2.29. The lowest BCUT2D eigenvalue weighted by atomic mass is 9.96. The molecule has 0 spiro atoms. The number of benzene rings is 2. The summed E-state index contributed by atoms with van der Waals surface area (Å²) in [6, 6.07) is 15.5. The van der Waals surface area contributed by atoms with E-state index in [1.807, 2.05) is 6.07 Å². The Bertz CT molecular complexity index is 1900. The van der Waals surface area contributed by atoms with Gasteiger partial charge in [-0.05, 0) is 54.4 Å². The normalized spacial score (nSPS) is 16.3. The van der Waals surface area contributed by atoms with Crippen LogP contribution in [-0.4, -0.2) is 50.6 Å². The van der Waals surface area contributed by atoms with E-state index in [1.54, 1.807) is 60.0 Å². The van der Waals surface area contributed by atoms with E-state index in [1.165, 1.54) is 43.0 Å². The summed E-state index contributed by atoms with van der Waals surface area (Å²) in [5.41, 5.74) is 2.60. The number of fused-ring (bicyclic) bond motifs is 1. The van der Waals surface area contributed by atoms with Gasteiger partial charge < -0.3 is 14.6 Å². The molecule has 0 saturated carbocycles. The number of Topliss-reactive ketones (excluding diaryl/α,β-unsaturated/α-hetero) is 1. The number of hydrogen-bond acceptors (Lipinski definition) is 10. The molecule has 10 nitrogen and oxygen atoms in total. The molecule has 4 heterocycles. The van der Waals surface area contributed by atoms with Crippen molar-refractivity contribution in [2.45, 2.75) is 23.1 Å². The Morgan fingerprint density at radius 1 is 1.05 bits per heavy atom. The first kappa shape index (κ1) is 28.4. The standard InChI is InChI=1S/C30H24FN5O5S2/c1-16-24(35-13-5-4-6-22(35)32-16)26(37)23-25(18-9-12-20(40-2)21(14-18)41-3)36(28(39)27(23)38)29-33-34-30(43-29)42-15-17-7-10-19(31)11-8-17/h4-14,25,37H,15H2,1-3H3. The summed E-state index contributed by atoms with van der Waals surface area (Å²) >= 11 is 2.50. The molecule has 1 atom stereocenters. The van der Waals surface area contributed by atoms with Crippen molar-refractivity contribution < 1.29 is 28.6 Å². The van der Waals surface area contributed by atoms with Crippen molar-refractivity contribution in [3.05, 3.63) is 101 Å². The molecule has 2 aromatic carbocycles. The number of thioether (sulfide) groups is 1.